The maximum absolute atomic E-state index is 13.8. The third-order valence-electron chi connectivity index (χ3n) is 6.25. The Kier molecular flexibility index (Phi) is 7.00. The second-order valence-electron chi connectivity index (χ2n) is 8.82. The van der Waals surface area contributed by atoms with Crippen LogP contribution in [0.5, 0.6) is 0 Å². The summed E-state index contributed by atoms with van der Waals surface area (Å²) in [5, 5.41) is 0. The summed E-state index contributed by atoms with van der Waals surface area (Å²) < 4.78 is 65.2. The summed E-state index contributed by atoms with van der Waals surface area (Å²) >= 11 is 0. The highest BCUT2D eigenvalue weighted by Gasteiger charge is 2.34. The van der Waals surface area contributed by atoms with Gasteiger partial charge in [-0.2, -0.15) is 13.2 Å². The first kappa shape index (κ1) is 25.6. The summed E-state index contributed by atoms with van der Waals surface area (Å²) in [5.74, 6) is 0. The van der Waals surface area contributed by atoms with E-state index in [1.165, 1.54) is 12.1 Å². The number of alkyl halides is 3. The molecule has 0 atom stereocenters. The zero-order valence-corrected chi connectivity index (χ0v) is 20.9. The Morgan fingerprint density at radius 1 is 0.972 bits per heavy atom. The van der Waals surface area contributed by atoms with E-state index in [-0.39, 0.29) is 16.2 Å². The van der Waals surface area contributed by atoms with Crippen molar-refractivity contribution in [2.24, 2.45) is 0 Å². The average molecular weight is 513 g/mol. The first-order valence-electron chi connectivity index (χ1n) is 11.4. The summed E-state index contributed by atoms with van der Waals surface area (Å²) in [6.07, 6.45) is -0.474. The van der Waals surface area contributed by atoms with Crippen molar-refractivity contribution in [3.8, 4) is 11.1 Å². The lowest BCUT2D eigenvalue weighted by molar-refractivity contribution is -0.137. The predicted molar refractivity (Wildman–Crippen MR) is 138 cm³/mol. The predicted octanol–water partition coefficient (Wildman–Crippen LogP) is 6.82. The van der Waals surface area contributed by atoms with Crippen molar-refractivity contribution in [2.45, 2.75) is 24.4 Å². The van der Waals surface area contributed by atoms with Crippen LogP contribution in [0.15, 0.2) is 96.2 Å². The Morgan fingerprint density at radius 2 is 1.64 bits per heavy atom. The van der Waals surface area contributed by atoms with Crippen LogP contribution < -0.4 is 4.90 Å². The van der Waals surface area contributed by atoms with Crippen LogP contribution in [0.3, 0.4) is 0 Å². The molecule has 0 bridgehead atoms. The molecule has 0 amide bonds. The smallest absolute Gasteiger partial charge is 0.374 e. The molecule has 1 saturated heterocycles. The number of rotatable bonds is 7. The number of hydrogen-bond acceptors (Lipinski definition) is 4. The van der Waals surface area contributed by atoms with Crippen molar-refractivity contribution in [2.75, 3.05) is 24.2 Å². The van der Waals surface area contributed by atoms with E-state index >= 15 is 0 Å². The van der Waals surface area contributed by atoms with Gasteiger partial charge < -0.3 is 9.80 Å². The number of allylic oxidation sites excluding steroid dienone is 1. The summed E-state index contributed by atoms with van der Waals surface area (Å²) in [6, 6.07) is 19.3. The van der Waals surface area contributed by atoms with Gasteiger partial charge in [-0.1, -0.05) is 49.0 Å². The third-order valence-corrected chi connectivity index (χ3v) is 7.36. The van der Waals surface area contributed by atoms with E-state index in [1.807, 2.05) is 31.3 Å². The highest BCUT2D eigenvalue weighted by molar-refractivity contribution is 7.90. The fourth-order valence-electron chi connectivity index (χ4n) is 4.08. The molecule has 8 heteroatoms. The normalized spacial score (nSPS) is 14.4. The maximum Gasteiger partial charge on any atom is 0.417 e. The molecule has 0 radical (unpaired) electrons. The largest absolute Gasteiger partial charge is 0.417 e. The van der Waals surface area contributed by atoms with Gasteiger partial charge in [-0.15, -0.1) is 0 Å². The first-order chi connectivity index (χ1) is 16.9. The van der Waals surface area contributed by atoms with Crippen molar-refractivity contribution in [3.63, 3.8) is 0 Å². The zero-order valence-electron chi connectivity index (χ0n) is 20.1. The number of anilines is 1. The minimum atomic E-state index is -4.52. The maximum atomic E-state index is 13.8. The van der Waals surface area contributed by atoms with Gasteiger partial charge in [0, 0.05) is 48.2 Å². The number of nitrogens with zero attached hydrogens (tertiary/aromatic N) is 2. The molecule has 4 rings (SSSR count). The van der Waals surface area contributed by atoms with Crippen LogP contribution in [0.2, 0.25) is 0 Å². The van der Waals surface area contributed by atoms with Gasteiger partial charge >= 0.3 is 6.18 Å². The van der Waals surface area contributed by atoms with E-state index in [1.54, 1.807) is 41.3 Å². The van der Waals surface area contributed by atoms with E-state index < -0.39 is 21.6 Å². The molecule has 1 aliphatic rings. The van der Waals surface area contributed by atoms with Crippen molar-refractivity contribution in [3.05, 3.63) is 102 Å². The highest BCUT2D eigenvalue weighted by atomic mass is 32.2. The van der Waals surface area contributed by atoms with E-state index in [0.29, 0.717) is 5.69 Å². The standard InChI is InChI=1S/C28H27F3N2O2S/c1-20(32-16-7-17-32)19-33(21(2)26-10-4-5-11-27(26)28(29,30)31)24-14-12-22(13-15-24)23-8-6-9-25(18-23)36(3,34)35/h4-6,8-15,18-19H,2,7,16-17H2,1,3H3/b20-19+. The van der Waals surface area contributed by atoms with Gasteiger partial charge in [0.05, 0.1) is 10.5 Å². The zero-order chi connectivity index (χ0) is 26.1. The van der Waals surface area contributed by atoms with E-state index in [0.717, 1.165) is 48.7 Å². The SMILES string of the molecule is C=C(c1ccccc1C(F)(F)F)N(/C=C(\C)N1CCC1)c1ccc(-c2cccc(S(C)(=O)=O)c2)cc1. The van der Waals surface area contributed by atoms with E-state index in [4.69, 9.17) is 0 Å². The molecule has 0 aromatic heterocycles. The topological polar surface area (TPSA) is 40.6 Å². The lowest BCUT2D eigenvalue weighted by Gasteiger charge is -2.35. The second kappa shape index (κ2) is 9.85. The lowest BCUT2D eigenvalue weighted by Crippen LogP contribution is -2.36. The summed E-state index contributed by atoms with van der Waals surface area (Å²) in [7, 11) is -3.36. The molecule has 36 heavy (non-hydrogen) atoms. The quantitative estimate of drug-likeness (QED) is 0.348. The first-order valence-corrected chi connectivity index (χ1v) is 13.3. The second-order valence-corrected chi connectivity index (χ2v) is 10.8. The van der Waals surface area contributed by atoms with Gasteiger partial charge in [-0.25, -0.2) is 8.42 Å². The van der Waals surface area contributed by atoms with Crippen LogP contribution in [0, 0.1) is 0 Å². The molecule has 3 aromatic carbocycles. The number of likely N-dealkylation sites (tertiary alicyclic amines) is 1. The van der Waals surface area contributed by atoms with Crippen LogP contribution >= 0.6 is 0 Å². The van der Waals surface area contributed by atoms with Crippen LogP contribution in [0.4, 0.5) is 18.9 Å². The van der Waals surface area contributed by atoms with Gasteiger partial charge in [0.25, 0.3) is 0 Å². The molecular formula is C28H27F3N2O2S. The molecule has 0 saturated carbocycles. The fourth-order valence-corrected chi connectivity index (χ4v) is 4.75. The molecule has 3 aromatic rings. The molecule has 0 unspecified atom stereocenters. The Balaban J connectivity index is 1.74. The fraction of sp³-hybridized carbons (Fsp3) is 0.214. The van der Waals surface area contributed by atoms with E-state index in [9.17, 15) is 21.6 Å². The van der Waals surface area contributed by atoms with Gasteiger partial charge in [-0.05, 0) is 54.8 Å². The lowest BCUT2D eigenvalue weighted by atomic mass is 10.0. The molecular weight excluding hydrogens is 485 g/mol. The van der Waals surface area contributed by atoms with Crippen molar-refractivity contribution in [1.29, 1.82) is 0 Å². The molecule has 4 nitrogen and oxygen atoms in total. The summed E-state index contributed by atoms with van der Waals surface area (Å²) in [6.45, 7) is 7.78. The molecule has 1 aliphatic heterocycles. The Morgan fingerprint density at radius 3 is 2.22 bits per heavy atom. The molecule has 0 N–H and O–H groups in total. The monoisotopic (exact) mass is 512 g/mol. The molecule has 0 aliphatic carbocycles. The molecule has 1 fully saturated rings. The molecule has 1 heterocycles. The molecule has 188 valence electrons. The van der Waals surface area contributed by atoms with Crippen LogP contribution in [0.25, 0.3) is 16.8 Å². The number of hydrogen-bond donors (Lipinski definition) is 0. The van der Waals surface area contributed by atoms with Gasteiger partial charge in [-0.3, -0.25) is 0 Å². The average Bonchev–Trinajstić information content (AvgIpc) is 2.80. The Hall–Kier alpha value is -3.52. The van der Waals surface area contributed by atoms with Gasteiger partial charge in [0.15, 0.2) is 9.84 Å². The van der Waals surface area contributed by atoms with Crippen molar-refractivity contribution in [1.82, 2.24) is 4.90 Å². The Labute approximate surface area is 209 Å². The van der Waals surface area contributed by atoms with Gasteiger partial charge in [0.1, 0.15) is 0 Å². The van der Waals surface area contributed by atoms with Crippen molar-refractivity contribution < 1.29 is 21.6 Å². The number of benzene rings is 3. The minimum Gasteiger partial charge on any atom is -0.374 e. The number of halogens is 3. The minimum absolute atomic E-state index is 0.00240. The third kappa shape index (κ3) is 5.49. The number of sulfone groups is 1. The Bertz CT molecular complexity index is 1410. The van der Waals surface area contributed by atoms with E-state index in [2.05, 4.69) is 11.5 Å². The highest BCUT2D eigenvalue weighted by Crippen LogP contribution is 2.37. The molecule has 0 spiro atoms. The van der Waals surface area contributed by atoms with Crippen molar-refractivity contribution >= 4 is 21.2 Å². The van der Waals surface area contributed by atoms with Gasteiger partial charge in [0.2, 0.25) is 0 Å². The summed E-state index contributed by atoms with van der Waals surface area (Å²) in [5.41, 5.74) is 2.54. The van der Waals surface area contributed by atoms with Crippen LogP contribution in [-0.2, 0) is 16.0 Å². The van der Waals surface area contributed by atoms with Crippen LogP contribution in [-0.4, -0.2) is 32.7 Å². The van der Waals surface area contributed by atoms with Crippen LogP contribution in [0.1, 0.15) is 24.5 Å². The summed E-state index contributed by atoms with van der Waals surface area (Å²) in [4.78, 5) is 4.05.